The summed E-state index contributed by atoms with van der Waals surface area (Å²) in [4.78, 5) is 23.2. The summed E-state index contributed by atoms with van der Waals surface area (Å²) in [5.41, 5.74) is 0.963. The SMILES string of the molecule is CC(=O)c1cc(F)ccc1OCC(=O)NCc1cccc(Cl)c1. The summed E-state index contributed by atoms with van der Waals surface area (Å²) < 4.78 is 18.5. The molecular weight excluding hydrogens is 321 g/mol. The first kappa shape index (κ1) is 17.0. The van der Waals surface area contributed by atoms with E-state index in [0.717, 1.165) is 11.6 Å². The molecule has 0 spiro atoms. The minimum atomic E-state index is -0.534. The van der Waals surface area contributed by atoms with Gasteiger partial charge >= 0.3 is 0 Å². The second kappa shape index (κ2) is 7.74. The Balaban J connectivity index is 1.91. The fourth-order valence-corrected chi connectivity index (χ4v) is 2.16. The Morgan fingerprint density at radius 3 is 2.70 bits per heavy atom. The van der Waals surface area contributed by atoms with Crippen LogP contribution in [0.25, 0.3) is 0 Å². The van der Waals surface area contributed by atoms with Gasteiger partial charge in [-0.05, 0) is 42.8 Å². The molecular formula is C17H15ClFNO3. The molecule has 0 saturated heterocycles. The van der Waals surface area contributed by atoms with Gasteiger partial charge in [-0.3, -0.25) is 9.59 Å². The van der Waals surface area contributed by atoms with Gasteiger partial charge < -0.3 is 10.1 Å². The highest BCUT2D eigenvalue weighted by Gasteiger charge is 2.11. The van der Waals surface area contributed by atoms with Crippen molar-refractivity contribution >= 4 is 23.3 Å². The third-order valence-electron chi connectivity index (χ3n) is 3.06. The molecule has 0 radical (unpaired) electrons. The predicted octanol–water partition coefficient (Wildman–Crippen LogP) is 3.38. The summed E-state index contributed by atoms with van der Waals surface area (Å²) in [6.07, 6.45) is 0. The second-order valence-electron chi connectivity index (χ2n) is 4.89. The maximum absolute atomic E-state index is 13.1. The van der Waals surface area contributed by atoms with Crippen molar-refractivity contribution in [3.8, 4) is 5.75 Å². The smallest absolute Gasteiger partial charge is 0.258 e. The van der Waals surface area contributed by atoms with Crippen molar-refractivity contribution in [2.75, 3.05) is 6.61 Å². The van der Waals surface area contributed by atoms with E-state index in [9.17, 15) is 14.0 Å². The third-order valence-corrected chi connectivity index (χ3v) is 3.29. The molecule has 2 aromatic rings. The average molecular weight is 336 g/mol. The number of ketones is 1. The molecule has 0 aliphatic carbocycles. The molecule has 0 fully saturated rings. The van der Waals surface area contributed by atoms with Gasteiger partial charge in [0.1, 0.15) is 11.6 Å². The molecule has 1 amide bonds. The maximum atomic E-state index is 13.1. The number of hydrogen-bond donors (Lipinski definition) is 1. The van der Waals surface area contributed by atoms with Crippen LogP contribution in [-0.2, 0) is 11.3 Å². The number of carbonyl (C=O) groups is 2. The first-order valence-corrected chi connectivity index (χ1v) is 7.28. The summed E-state index contributed by atoms with van der Waals surface area (Å²) in [6, 6.07) is 10.7. The van der Waals surface area contributed by atoms with Crippen LogP contribution in [0.2, 0.25) is 5.02 Å². The number of amides is 1. The lowest BCUT2D eigenvalue weighted by Crippen LogP contribution is -2.28. The molecule has 6 heteroatoms. The number of nitrogens with one attached hydrogen (secondary N) is 1. The number of hydrogen-bond acceptors (Lipinski definition) is 3. The van der Waals surface area contributed by atoms with Crippen LogP contribution in [0.1, 0.15) is 22.8 Å². The highest BCUT2D eigenvalue weighted by Crippen LogP contribution is 2.20. The van der Waals surface area contributed by atoms with Crippen LogP contribution in [-0.4, -0.2) is 18.3 Å². The zero-order valence-electron chi connectivity index (χ0n) is 12.4. The van der Waals surface area contributed by atoms with Gasteiger partial charge in [0.2, 0.25) is 0 Å². The van der Waals surface area contributed by atoms with Gasteiger partial charge in [-0.15, -0.1) is 0 Å². The lowest BCUT2D eigenvalue weighted by atomic mass is 10.1. The van der Waals surface area contributed by atoms with Crippen molar-refractivity contribution in [3.63, 3.8) is 0 Å². The zero-order chi connectivity index (χ0) is 16.8. The van der Waals surface area contributed by atoms with Crippen LogP contribution < -0.4 is 10.1 Å². The molecule has 0 aromatic heterocycles. The average Bonchev–Trinajstić information content (AvgIpc) is 2.51. The summed E-state index contributed by atoms with van der Waals surface area (Å²) in [5.74, 6) is -1.05. The first-order valence-electron chi connectivity index (χ1n) is 6.90. The van der Waals surface area contributed by atoms with E-state index in [1.165, 1.54) is 19.1 Å². The maximum Gasteiger partial charge on any atom is 0.258 e. The van der Waals surface area contributed by atoms with E-state index in [-0.39, 0.29) is 29.6 Å². The molecule has 0 atom stereocenters. The Labute approximate surface area is 138 Å². The quantitative estimate of drug-likeness (QED) is 0.823. The van der Waals surface area contributed by atoms with Crippen LogP contribution in [0.15, 0.2) is 42.5 Å². The number of carbonyl (C=O) groups excluding carboxylic acids is 2. The standard InChI is InChI=1S/C17H15ClFNO3/c1-11(21)15-8-14(19)5-6-16(15)23-10-17(22)20-9-12-3-2-4-13(18)7-12/h2-8H,9-10H2,1H3,(H,20,22). The molecule has 120 valence electrons. The van der Waals surface area contributed by atoms with Gasteiger partial charge in [0.05, 0.1) is 5.56 Å². The monoisotopic (exact) mass is 335 g/mol. The van der Waals surface area contributed by atoms with Crippen LogP contribution in [0.3, 0.4) is 0 Å². The van der Waals surface area contributed by atoms with Gasteiger partial charge in [0.15, 0.2) is 12.4 Å². The minimum absolute atomic E-state index is 0.104. The zero-order valence-corrected chi connectivity index (χ0v) is 13.2. The Morgan fingerprint density at radius 1 is 1.22 bits per heavy atom. The molecule has 0 unspecified atom stereocenters. The Hall–Kier alpha value is -2.40. The Kier molecular flexibility index (Phi) is 5.71. The van der Waals surface area contributed by atoms with E-state index in [4.69, 9.17) is 16.3 Å². The van der Waals surface area contributed by atoms with Crippen molar-refractivity contribution in [1.82, 2.24) is 5.32 Å². The van der Waals surface area contributed by atoms with Crippen LogP contribution in [0.4, 0.5) is 4.39 Å². The predicted molar refractivity (Wildman–Crippen MR) is 85.2 cm³/mol. The van der Waals surface area contributed by atoms with Crippen molar-refractivity contribution in [3.05, 3.63) is 64.4 Å². The Bertz CT molecular complexity index is 734. The fourth-order valence-electron chi connectivity index (χ4n) is 1.95. The summed E-state index contributed by atoms with van der Waals surface area (Å²) in [6.45, 7) is 1.35. The number of benzene rings is 2. The van der Waals surface area contributed by atoms with Gasteiger partial charge in [-0.25, -0.2) is 4.39 Å². The largest absolute Gasteiger partial charge is 0.483 e. The van der Waals surface area contributed by atoms with Crippen molar-refractivity contribution in [2.24, 2.45) is 0 Å². The molecule has 0 heterocycles. The summed E-state index contributed by atoms with van der Waals surface area (Å²) in [5, 5.41) is 3.26. The first-order chi connectivity index (χ1) is 11.0. The number of rotatable bonds is 6. The van der Waals surface area contributed by atoms with Crippen LogP contribution >= 0.6 is 11.6 Å². The van der Waals surface area contributed by atoms with Gasteiger partial charge in [-0.1, -0.05) is 23.7 Å². The number of Topliss-reactive ketones (excluding diaryl/α,β-unsaturated/α-hetero) is 1. The van der Waals surface area contributed by atoms with E-state index in [1.54, 1.807) is 18.2 Å². The molecule has 2 rings (SSSR count). The lowest BCUT2D eigenvalue weighted by molar-refractivity contribution is -0.123. The van der Waals surface area contributed by atoms with Crippen LogP contribution in [0.5, 0.6) is 5.75 Å². The third kappa shape index (κ3) is 5.07. The lowest BCUT2D eigenvalue weighted by Gasteiger charge is -2.10. The molecule has 0 bridgehead atoms. The minimum Gasteiger partial charge on any atom is -0.483 e. The van der Waals surface area contributed by atoms with E-state index in [1.807, 2.05) is 6.07 Å². The molecule has 0 aliphatic rings. The van der Waals surface area contributed by atoms with Crippen molar-refractivity contribution < 1.29 is 18.7 Å². The number of halogens is 2. The van der Waals surface area contributed by atoms with Gasteiger partial charge in [0.25, 0.3) is 5.91 Å². The normalized spacial score (nSPS) is 10.2. The van der Waals surface area contributed by atoms with Crippen molar-refractivity contribution in [2.45, 2.75) is 13.5 Å². The highest BCUT2D eigenvalue weighted by molar-refractivity contribution is 6.30. The van der Waals surface area contributed by atoms with Gasteiger partial charge in [0, 0.05) is 11.6 Å². The molecule has 0 saturated carbocycles. The topological polar surface area (TPSA) is 55.4 Å². The molecule has 4 nitrogen and oxygen atoms in total. The summed E-state index contributed by atoms with van der Waals surface area (Å²) >= 11 is 5.86. The Morgan fingerprint density at radius 2 is 2.00 bits per heavy atom. The molecule has 1 N–H and O–H groups in total. The van der Waals surface area contributed by atoms with E-state index in [2.05, 4.69) is 5.32 Å². The molecule has 23 heavy (non-hydrogen) atoms. The number of ether oxygens (including phenoxy) is 1. The van der Waals surface area contributed by atoms with Crippen LogP contribution in [0, 0.1) is 5.82 Å². The summed E-state index contributed by atoms with van der Waals surface area (Å²) in [7, 11) is 0. The van der Waals surface area contributed by atoms with E-state index >= 15 is 0 Å². The molecule has 2 aromatic carbocycles. The fraction of sp³-hybridized carbons (Fsp3) is 0.176. The van der Waals surface area contributed by atoms with Gasteiger partial charge in [-0.2, -0.15) is 0 Å². The van der Waals surface area contributed by atoms with E-state index in [0.29, 0.717) is 11.6 Å². The highest BCUT2D eigenvalue weighted by atomic mass is 35.5. The molecule has 0 aliphatic heterocycles. The van der Waals surface area contributed by atoms with E-state index < -0.39 is 5.82 Å². The van der Waals surface area contributed by atoms with Crippen molar-refractivity contribution in [1.29, 1.82) is 0 Å². The second-order valence-corrected chi connectivity index (χ2v) is 5.33.